The second-order valence-corrected chi connectivity index (χ2v) is 6.23. The van der Waals surface area contributed by atoms with Crippen molar-refractivity contribution in [2.24, 2.45) is 5.73 Å². The second kappa shape index (κ2) is 7.24. The van der Waals surface area contributed by atoms with Crippen LogP contribution in [0.2, 0.25) is 0 Å². The van der Waals surface area contributed by atoms with Crippen LogP contribution in [0.5, 0.6) is 0 Å². The Balaban J connectivity index is 2.02. The highest BCUT2D eigenvalue weighted by Gasteiger charge is 2.18. The SMILES string of the molecule is NC(=O)N[C@@H](CC(=O)Nc1cccc(Br)c1)c1cccs1. The van der Waals surface area contributed by atoms with Crippen LogP contribution in [0.25, 0.3) is 0 Å². The Kier molecular flexibility index (Phi) is 5.35. The number of carbonyl (C=O) groups is 2. The van der Waals surface area contributed by atoms with Gasteiger partial charge in [-0.05, 0) is 29.6 Å². The molecule has 0 saturated carbocycles. The molecule has 21 heavy (non-hydrogen) atoms. The summed E-state index contributed by atoms with van der Waals surface area (Å²) in [4.78, 5) is 24.1. The lowest BCUT2D eigenvalue weighted by Crippen LogP contribution is -2.34. The van der Waals surface area contributed by atoms with E-state index in [0.717, 1.165) is 9.35 Å². The number of primary amides is 1. The molecule has 0 unspecified atom stereocenters. The van der Waals surface area contributed by atoms with Crippen molar-refractivity contribution in [3.8, 4) is 0 Å². The van der Waals surface area contributed by atoms with Crippen molar-refractivity contribution in [2.75, 3.05) is 5.32 Å². The smallest absolute Gasteiger partial charge is 0.312 e. The molecule has 0 spiro atoms. The van der Waals surface area contributed by atoms with Crippen molar-refractivity contribution in [2.45, 2.75) is 12.5 Å². The fraction of sp³-hybridized carbons (Fsp3) is 0.143. The standard InChI is InChI=1S/C14H14BrN3O2S/c15-9-3-1-4-10(7-9)17-13(19)8-11(18-14(16)20)12-5-2-6-21-12/h1-7,11H,8H2,(H,17,19)(H3,16,18,20)/t11-/m0/s1. The van der Waals surface area contributed by atoms with E-state index in [4.69, 9.17) is 5.73 Å². The van der Waals surface area contributed by atoms with Crippen molar-refractivity contribution in [3.63, 3.8) is 0 Å². The van der Waals surface area contributed by atoms with E-state index < -0.39 is 12.1 Å². The first-order chi connectivity index (χ1) is 10.0. The maximum Gasteiger partial charge on any atom is 0.312 e. The lowest BCUT2D eigenvalue weighted by molar-refractivity contribution is -0.116. The number of anilines is 1. The molecule has 0 aliphatic rings. The Bertz CT molecular complexity index is 631. The van der Waals surface area contributed by atoms with E-state index in [-0.39, 0.29) is 12.3 Å². The molecule has 110 valence electrons. The summed E-state index contributed by atoms with van der Waals surface area (Å²) >= 11 is 4.81. The van der Waals surface area contributed by atoms with Gasteiger partial charge in [0.2, 0.25) is 5.91 Å². The molecule has 1 atom stereocenters. The average Bonchev–Trinajstić information content (AvgIpc) is 2.91. The Hall–Kier alpha value is -1.86. The monoisotopic (exact) mass is 367 g/mol. The summed E-state index contributed by atoms with van der Waals surface area (Å²) in [7, 11) is 0. The molecule has 2 rings (SSSR count). The number of benzene rings is 1. The third-order valence-electron chi connectivity index (χ3n) is 2.70. The molecule has 0 saturated heterocycles. The Labute approximate surface area is 134 Å². The zero-order chi connectivity index (χ0) is 15.2. The number of halogens is 1. The Morgan fingerprint density at radius 2 is 2.10 bits per heavy atom. The summed E-state index contributed by atoms with van der Waals surface area (Å²) in [6.45, 7) is 0. The lowest BCUT2D eigenvalue weighted by Gasteiger charge is -2.16. The first kappa shape index (κ1) is 15.5. The van der Waals surface area contributed by atoms with Crippen LogP contribution in [-0.2, 0) is 4.79 Å². The highest BCUT2D eigenvalue weighted by molar-refractivity contribution is 9.10. The highest BCUT2D eigenvalue weighted by atomic mass is 79.9. The van der Waals surface area contributed by atoms with E-state index >= 15 is 0 Å². The largest absolute Gasteiger partial charge is 0.352 e. The predicted octanol–water partition coefficient (Wildman–Crippen LogP) is 3.25. The molecular formula is C14H14BrN3O2S. The first-order valence-electron chi connectivity index (χ1n) is 6.19. The van der Waals surface area contributed by atoms with Gasteiger partial charge >= 0.3 is 6.03 Å². The van der Waals surface area contributed by atoms with Crippen LogP contribution in [0.15, 0.2) is 46.3 Å². The van der Waals surface area contributed by atoms with Gasteiger partial charge in [-0.1, -0.05) is 28.1 Å². The van der Waals surface area contributed by atoms with Gasteiger partial charge in [0.15, 0.2) is 0 Å². The minimum absolute atomic E-state index is 0.121. The summed E-state index contributed by atoms with van der Waals surface area (Å²) in [6.07, 6.45) is 0.121. The van der Waals surface area contributed by atoms with E-state index in [9.17, 15) is 9.59 Å². The molecule has 7 heteroatoms. The van der Waals surface area contributed by atoms with Gasteiger partial charge in [0.1, 0.15) is 0 Å². The zero-order valence-corrected chi connectivity index (χ0v) is 13.4. The molecule has 0 fully saturated rings. The number of amides is 3. The van der Waals surface area contributed by atoms with E-state index in [0.29, 0.717) is 5.69 Å². The van der Waals surface area contributed by atoms with Crippen LogP contribution in [0, 0.1) is 0 Å². The first-order valence-corrected chi connectivity index (χ1v) is 7.86. The molecular weight excluding hydrogens is 354 g/mol. The van der Waals surface area contributed by atoms with Gasteiger partial charge in [-0.2, -0.15) is 0 Å². The summed E-state index contributed by atoms with van der Waals surface area (Å²) in [5.41, 5.74) is 5.86. The van der Waals surface area contributed by atoms with Crippen LogP contribution in [0.3, 0.4) is 0 Å². The van der Waals surface area contributed by atoms with Gasteiger partial charge in [-0.25, -0.2) is 4.79 Å². The summed E-state index contributed by atoms with van der Waals surface area (Å²) in [5.74, 6) is -0.194. The van der Waals surface area contributed by atoms with E-state index in [1.807, 2.05) is 29.6 Å². The van der Waals surface area contributed by atoms with Crippen LogP contribution in [-0.4, -0.2) is 11.9 Å². The number of hydrogen-bond donors (Lipinski definition) is 3. The van der Waals surface area contributed by atoms with Gasteiger partial charge in [-0.15, -0.1) is 11.3 Å². The maximum atomic E-state index is 12.1. The molecule has 0 aliphatic carbocycles. The Morgan fingerprint density at radius 3 is 2.71 bits per heavy atom. The molecule has 0 aliphatic heterocycles. The number of urea groups is 1. The van der Waals surface area contributed by atoms with Crippen molar-refractivity contribution < 1.29 is 9.59 Å². The summed E-state index contributed by atoms with van der Waals surface area (Å²) in [6, 6.07) is 9.96. The third kappa shape index (κ3) is 4.87. The number of nitrogens with one attached hydrogen (secondary N) is 2. The van der Waals surface area contributed by atoms with Crippen LogP contribution in [0.1, 0.15) is 17.3 Å². The topological polar surface area (TPSA) is 84.2 Å². The van der Waals surface area contributed by atoms with E-state index in [2.05, 4.69) is 26.6 Å². The number of hydrogen-bond acceptors (Lipinski definition) is 3. The van der Waals surface area contributed by atoms with E-state index in [1.165, 1.54) is 11.3 Å². The van der Waals surface area contributed by atoms with Crippen LogP contribution < -0.4 is 16.4 Å². The quantitative estimate of drug-likeness (QED) is 0.757. The molecule has 0 bridgehead atoms. The summed E-state index contributed by atoms with van der Waals surface area (Å²) in [5, 5.41) is 7.27. The van der Waals surface area contributed by atoms with Gasteiger partial charge in [0.05, 0.1) is 12.5 Å². The predicted molar refractivity (Wildman–Crippen MR) is 87.2 cm³/mol. The van der Waals surface area contributed by atoms with Crippen molar-refractivity contribution >= 4 is 44.9 Å². The van der Waals surface area contributed by atoms with Crippen LogP contribution >= 0.6 is 27.3 Å². The normalized spacial score (nSPS) is 11.7. The van der Waals surface area contributed by atoms with E-state index in [1.54, 1.807) is 12.1 Å². The second-order valence-electron chi connectivity index (χ2n) is 4.34. The number of rotatable bonds is 5. The van der Waals surface area contributed by atoms with Crippen molar-refractivity contribution in [1.82, 2.24) is 5.32 Å². The number of nitrogens with two attached hydrogens (primary N) is 1. The molecule has 1 aromatic carbocycles. The molecule has 2 aromatic rings. The molecule has 4 N–H and O–H groups in total. The van der Waals surface area contributed by atoms with Crippen LogP contribution in [0.4, 0.5) is 10.5 Å². The average molecular weight is 368 g/mol. The maximum absolute atomic E-state index is 12.1. The molecule has 1 aromatic heterocycles. The van der Waals surface area contributed by atoms with Gasteiger partial charge in [-0.3, -0.25) is 4.79 Å². The summed E-state index contributed by atoms with van der Waals surface area (Å²) < 4.78 is 0.880. The fourth-order valence-electron chi connectivity index (χ4n) is 1.85. The molecule has 3 amide bonds. The number of carbonyl (C=O) groups excluding carboxylic acids is 2. The van der Waals surface area contributed by atoms with Gasteiger partial charge < -0.3 is 16.4 Å². The van der Waals surface area contributed by atoms with Crippen molar-refractivity contribution in [1.29, 1.82) is 0 Å². The Morgan fingerprint density at radius 1 is 1.29 bits per heavy atom. The zero-order valence-electron chi connectivity index (χ0n) is 11.0. The minimum Gasteiger partial charge on any atom is -0.352 e. The van der Waals surface area contributed by atoms with Gasteiger partial charge in [0, 0.05) is 15.0 Å². The molecule has 0 radical (unpaired) electrons. The highest BCUT2D eigenvalue weighted by Crippen LogP contribution is 2.23. The fourth-order valence-corrected chi connectivity index (χ4v) is 3.02. The minimum atomic E-state index is -0.649. The third-order valence-corrected chi connectivity index (χ3v) is 4.18. The lowest BCUT2D eigenvalue weighted by atomic mass is 10.1. The van der Waals surface area contributed by atoms with Crippen molar-refractivity contribution in [3.05, 3.63) is 51.1 Å². The molecule has 1 heterocycles. The molecule has 5 nitrogen and oxygen atoms in total. The van der Waals surface area contributed by atoms with Gasteiger partial charge in [0.25, 0.3) is 0 Å². The number of thiophene rings is 1.